The van der Waals surface area contributed by atoms with Crippen molar-refractivity contribution in [1.29, 1.82) is 0 Å². The molecule has 0 radical (unpaired) electrons. The first kappa shape index (κ1) is 13.4. The number of nitrogens with two attached hydrogens (primary N) is 1. The van der Waals surface area contributed by atoms with Crippen LogP contribution in [0.15, 0.2) is 24.3 Å². The van der Waals surface area contributed by atoms with E-state index in [1.54, 1.807) is 0 Å². The quantitative estimate of drug-likeness (QED) is 0.868. The van der Waals surface area contributed by atoms with Crippen LogP contribution in [0.5, 0.6) is 5.75 Å². The lowest BCUT2D eigenvalue weighted by Gasteiger charge is -2.19. The van der Waals surface area contributed by atoms with Gasteiger partial charge in [-0.15, -0.1) is 0 Å². The predicted molar refractivity (Wildman–Crippen MR) is 74.6 cm³/mol. The van der Waals surface area contributed by atoms with E-state index in [0.717, 1.165) is 32.0 Å². The Balaban J connectivity index is 1.98. The van der Waals surface area contributed by atoms with E-state index in [2.05, 4.69) is 30.0 Å². The molecule has 1 aromatic carbocycles. The smallest absolute Gasteiger partial charge is 0.123 e. The third-order valence-electron chi connectivity index (χ3n) is 3.72. The molecular weight excluding hydrogens is 224 g/mol. The van der Waals surface area contributed by atoms with Crippen molar-refractivity contribution in [2.45, 2.75) is 32.9 Å². The Morgan fingerprint density at radius 1 is 1.44 bits per heavy atom. The van der Waals surface area contributed by atoms with Crippen LogP contribution in [0, 0.1) is 5.92 Å². The molecule has 100 valence electrons. The van der Waals surface area contributed by atoms with Crippen LogP contribution in [-0.4, -0.2) is 30.6 Å². The number of para-hydroxylation sites is 1. The minimum atomic E-state index is 0.303. The topological polar surface area (TPSA) is 38.5 Å². The van der Waals surface area contributed by atoms with Crippen molar-refractivity contribution in [3.63, 3.8) is 0 Å². The molecular formula is C15H24N2O. The highest BCUT2D eigenvalue weighted by atomic mass is 16.5. The van der Waals surface area contributed by atoms with Crippen LogP contribution in [0.3, 0.4) is 0 Å². The standard InChI is InChI=1S/C15H24N2O/c1-3-18-15-7-5-4-6-14(15)11-17-9-8-13(10-17)12(2)16/h4-7,12-13H,3,8-11,16H2,1-2H3. The summed E-state index contributed by atoms with van der Waals surface area (Å²) in [5, 5.41) is 0. The molecule has 3 heteroatoms. The number of rotatable bonds is 5. The lowest BCUT2D eigenvalue weighted by molar-refractivity contribution is 0.292. The van der Waals surface area contributed by atoms with Gasteiger partial charge < -0.3 is 10.5 Å². The third kappa shape index (κ3) is 3.24. The van der Waals surface area contributed by atoms with Crippen molar-refractivity contribution in [2.75, 3.05) is 19.7 Å². The van der Waals surface area contributed by atoms with E-state index in [4.69, 9.17) is 10.5 Å². The third-order valence-corrected chi connectivity index (χ3v) is 3.72. The Kier molecular flexibility index (Phi) is 4.61. The average Bonchev–Trinajstić information content (AvgIpc) is 2.81. The highest BCUT2D eigenvalue weighted by molar-refractivity contribution is 5.33. The summed E-state index contributed by atoms with van der Waals surface area (Å²) in [5.74, 6) is 1.66. The first-order chi connectivity index (χ1) is 8.70. The van der Waals surface area contributed by atoms with Gasteiger partial charge in [-0.1, -0.05) is 18.2 Å². The molecule has 18 heavy (non-hydrogen) atoms. The molecule has 0 spiro atoms. The van der Waals surface area contributed by atoms with Crippen LogP contribution in [0.25, 0.3) is 0 Å². The Morgan fingerprint density at radius 2 is 2.22 bits per heavy atom. The van der Waals surface area contributed by atoms with Gasteiger partial charge in [0.1, 0.15) is 5.75 Å². The fraction of sp³-hybridized carbons (Fsp3) is 0.600. The second kappa shape index (κ2) is 6.21. The minimum absolute atomic E-state index is 0.303. The van der Waals surface area contributed by atoms with Crippen molar-refractivity contribution >= 4 is 0 Å². The number of hydrogen-bond acceptors (Lipinski definition) is 3. The number of benzene rings is 1. The van der Waals surface area contributed by atoms with Gasteiger partial charge in [-0.2, -0.15) is 0 Å². The van der Waals surface area contributed by atoms with Crippen molar-refractivity contribution < 1.29 is 4.74 Å². The molecule has 2 atom stereocenters. The second-order valence-corrected chi connectivity index (χ2v) is 5.18. The first-order valence-electron chi connectivity index (χ1n) is 6.89. The zero-order valence-electron chi connectivity index (χ0n) is 11.4. The van der Waals surface area contributed by atoms with Crippen LogP contribution in [0.2, 0.25) is 0 Å². The number of nitrogens with zero attached hydrogens (tertiary/aromatic N) is 1. The molecule has 0 aliphatic carbocycles. The zero-order valence-corrected chi connectivity index (χ0v) is 11.4. The second-order valence-electron chi connectivity index (χ2n) is 5.18. The minimum Gasteiger partial charge on any atom is -0.494 e. The van der Waals surface area contributed by atoms with Crippen LogP contribution >= 0.6 is 0 Å². The van der Waals surface area contributed by atoms with Crippen LogP contribution in [0.4, 0.5) is 0 Å². The first-order valence-corrected chi connectivity index (χ1v) is 6.89. The molecule has 1 aliphatic rings. The van der Waals surface area contributed by atoms with Gasteiger partial charge in [0.25, 0.3) is 0 Å². The van der Waals surface area contributed by atoms with E-state index in [9.17, 15) is 0 Å². The van der Waals surface area contributed by atoms with E-state index in [-0.39, 0.29) is 0 Å². The maximum atomic E-state index is 5.98. The van der Waals surface area contributed by atoms with E-state index in [1.807, 2.05) is 13.0 Å². The van der Waals surface area contributed by atoms with Gasteiger partial charge in [0.05, 0.1) is 6.61 Å². The van der Waals surface area contributed by atoms with Crippen molar-refractivity contribution in [2.24, 2.45) is 11.7 Å². The van der Waals surface area contributed by atoms with Gasteiger partial charge in [-0.05, 0) is 38.8 Å². The van der Waals surface area contributed by atoms with Crippen molar-refractivity contribution in [3.8, 4) is 5.75 Å². The largest absolute Gasteiger partial charge is 0.494 e. The number of hydrogen-bond donors (Lipinski definition) is 1. The van der Waals surface area contributed by atoms with Crippen LogP contribution < -0.4 is 10.5 Å². The Labute approximate surface area is 110 Å². The SMILES string of the molecule is CCOc1ccccc1CN1CCC(C(C)N)C1. The lowest BCUT2D eigenvalue weighted by Crippen LogP contribution is -2.29. The lowest BCUT2D eigenvalue weighted by atomic mass is 10.0. The highest BCUT2D eigenvalue weighted by Gasteiger charge is 2.25. The maximum absolute atomic E-state index is 5.98. The van der Waals surface area contributed by atoms with E-state index in [0.29, 0.717) is 12.0 Å². The highest BCUT2D eigenvalue weighted by Crippen LogP contribution is 2.24. The predicted octanol–water partition coefficient (Wildman–Crippen LogP) is 2.25. The molecule has 3 nitrogen and oxygen atoms in total. The molecule has 0 amide bonds. The Hall–Kier alpha value is -1.06. The molecule has 1 saturated heterocycles. The summed E-state index contributed by atoms with van der Waals surface area (Å²) in [4.78, 5) is 2.48. The number of ether oxygens (including phenoxy) is 1. The fourth-order valence-electron chi connectivity index (χ4n) is 2.61. The summed E-state index contributed by atoms with van der Waals surface area (Å²) >= 11 is 0. The van der Waals surface area contributed by atoms with Gasteiger partial charge in [0, 0.05) is 24.7 Å². The van der Waals surface area contributed by atoms with Gasteiger partial charge in [0.15, 0.2) is 0 Å². The molecule has 2 unspecified atom stereocenters. The molecule has 1 fully saturated rings. The molecule has 0 bridgehead atoms. The van der Waals surface area contributed by atoms with E-state index >= 15 is 0 Å². The fourth-order valence-corrected chi connectivity index (χ4v) is 2.61. The summed E-state index contributed by atoms with van der Waals surface area (Å²) in [5.41, 5.74) is 7.26. The van der Waals surface area contributed by atoms with Crippen LogP contribution in [0.1, 0.15) is 25.8 Å². The summed E-state index contributed by atoms with van der Waals surface area (Å²) in [7, 11) is 0. The number of likely N-dealkylation sites (tertiary alicyclic amines) is 1. The van der Waals surface area contributed by atoms with Crippen LogP contribution in [-0.2, 0) is 6.54 Å². The van der Waals surface area contributed by atoms with E-state index < -0.39 is 0 Å². The van der Waals surface area contributed by atoms with E-state index in [1.165, 1.54) is 12.0 Å². The Morgan fingerprint density at radius 3 is 2.89 bits per heavy atom. The molecule has 2 rings (SSSR count). The molecule has 0 saturated carbocycles. The van der Waals surface area contributed by atoms with Gasteiger partial charge in [0.2, 0.25) is 0 Å². The summed E-state index contributed by atoms with van der Waals surface area (Å²) in [6.07, 6.45) is 1.22. The maximum Gasteiger partial charge on any atom is 0.123 e. The zero-order chi connectivity index (χ0) is 13.0. The molecule has 0 aromatic heterocycles. The van der Waals surface area contributed by atoms with Gasteiger partial charge in [-0.25, -0.2) is 0 Å². The average molecular weight is 248 g/mol. The summed E-state index contributed by atoms with van der Waals surface area (Å²) < 4.78 is 5.67. The molecule has 1 heterocycles. The van der Waals surface area contributed by atoms with Gasteiger partial charge in [-0.3, -0.25) is 4.90 Å². The molecule has 2 N–H and O–H groups in total. The molecule has 1 aromatic rings. The normalized spacial score (nSPS) is 22.1. The molecule has 1 aliphatic heterocycles. The van der Waals surface area contributed by atoms with Gasteiger partial charge >= 0.3 is 0 Å². The summed E-state index contributed by atoms with van der Waals surface area (Å²) in [6.45, 7) is 8.09. The summed E-state index contributed by atoms with van der Waals surface area (Å²) in [6, 6.07) is 8.62. The Bertz CT molecular complexity index is 379. The monoisotopic (exact) mass is 248 g/mol. The van der Waals surface area contributed by atoms with Crippen molar-refractivity contribution in [1.82, 2.24) is 4.90 Å². The van der Waals surface area contributed by atoms with Crippen molar-refractivity contribution in [3.05, 3.63) is 29.8 Å².